The van der Waals surface area contributed by atoms with E-state index in [0.717, 1.165) is 0 Å². The van der Waals surface area contributed by atoms with Crippen molar-refractivity contribution in [2.24, 2.45) is 0 Å². The molecule has 0 atom stereocenters. The summed E-state index contributed by atoms with van der Waals surface area (Å²) in [4.78, 5) is 22.4. The van der Waals surface area contributed by atoms with E-state index in [2.05, 4.69) is 17.6 Å². The molecule has 1 fully saturated rings. The van der Waals surface area contributed by atoms with Crippen molar-refractivity contribution < 1.29 is 19.1 Å². The van der Waals surface area contributed by atoms with Crippen LogP contribution in [0.25, 0.3) is 0 Å². The third kappa shape index (κ3) is 7.80. The molecule has 6 heteroatoms. The molecule has 0 aromatic carbocycles. The number of amides is 1. The lowest BCUT2D eigenvalue weighted by Crippen LogP contribution is -2.56. The van der Waals surface area contributed by atoms with Crippen LogP contribution < -0.4 is 0 Å². The van der Waals surface area contributed by atoms with Gasteiger partial charge < -0.3 is 14.4 Å². The molecule has 0 N–H and O–H groups in total. The molecule has 0 radical (unpaired) electrons. The molecule has 1 amide bonds. The molecule has 106 valence electrons. The highest BCUT2D eigenvalue weighted by Gasteiger charge is 2.34. The van der Waals surface area contributed by atoms with E-state index in [0.29, 0.717) is 6.61 Å². The lowest BCUT2D eigenvalue weighted by Gasteiger charge is -2.40. The lowest BCUT2D eigenvalue weighted by molar-refractivity contribution is -0.153. The van der Waals surface area contributed by atoms with E-state index in [9.17, 15) is 9.59 Å². The Morgan fingerprint density at radius 2 is 2.05 bits per heavy atom. The molecule has 6 nitrogen and oxygen atoms in total. The monoisotopic (exact) mass is 268 g/mol. The number of methoxy groups -OCH3 is 1. The highest BCUT2D eigenvalue weighted by atomic mass is 16.5. The topological polar surface area (TPSA) is 79.6 Å². The summed E-state index contributed by atoms with van der Waals surface area (Å²) in [6.07, 6.45) is 8.00. The minimum Gasteiger partial charge on any atom is -0.469 e. The van der Waals surface area contributed by atoms with E-state index in [1.165, 1.54) is 14.0 Å². The Hall–Kier alpha value is -2.05. The predicted octanol–water partition coefficient (Wildman–Crippen LogP) is 0.576. The zero-order valence-corrected chi connectivity index (χ0v) is 11.8. The van der Waals surface area contributed by atoms with Crippen LogP contribution in [0.15, 0.2) is 0 Å². The van der Waals surface area contributed by atoms with Crippen molar-refractivity contribution in [2.75, 3.05) is 26.9 Å². The number of terminal acetylenes is 1. The molecule has 0 unspecified atom stereocenters. The van der Waals surface area contributed by atoms with E-state index in [1.807, 2.05) is 19.9 Å². The van der Waals surface area contributed by atoms with E-state index in [4.69, 9.17) is 10.00 Å². The first kappa shape index (κ1) is 19.3. The Morgan fingerprint density at radius 3 is 2.37 bits per heavy atom. The number of rotatable bonds is 1. The summed E-state index contributed by atoms with van der Waals surface area (Å²) in [5.74, 6) is -0.349. The number of ether oxygens (including phenoxy) is 2. The summed E-state index contributed by atoms with van der Waals surface area (Å²) in [5.41, 5.74) is -0.342. The van der Waals surface area contributed by atoms with Crippen LogP contribution in [0.1, 0.15) is 20.8 Å². The number of carbonyl (C=O) groups is 2. The van der Waals surface area contributed by atoms with Crippen molar-refractivity contribution in [1.82, 2.24) is 4.90 Å². The molecule has 0 aromatic heterocycles. The summed E-state index contributed by atoms with van der Waals surface area (Å²) in [6.45, 7) is 5.89. The Kier molecular flexibility index (Phi) is 10.1. The van der Waals surface area contributed by atoms with Crippen LogP contribution in [0.5, 0.6) is 0 Å². The second-order valence-electron chi connectivity index (χ2n) is 4.14. The fraction of sp³-hybridized carbons (Fsp3) is 0.615. The first-order chi connectivity index (χ1) is 8.85. The van der Waals surface area contributed by atoms with Gasteiger partial charge in [0, 0.05) is 6.92 Å². The molecule has 1 rings (SSSR count). The van der Waals surface area contributed by atoms with E-state index in [-0.39, 0.29) is 30.6 Å². The van der Waals surface area contributed by atoms with Gasteiger partial charge in [-0.05, 0) is 13.8 Å². The largest absolute Gasteiger partial charge is 0.469 e. The highest BCUT2D eigenvalue weighted by Crippen LogP contribution is 2.18. The van der Waals surface area contributed by atoms with Gasteiger partial charge in [-0.3, -0.25) is 9.59 Å². The average molecular weight is 268 g/mol. The highest BCUT2D eigenvalue weighted by molar-refractivity contribution is 5.79. The molecule has 1 heterocycles. The zero-order valence-electron chi connectivity index (χ0n) is 11.8. The van der Waals surface area contributed by atoms with Crippen molar-refractivity contribution in [2.45, 2.75) is 26.3 Å². The van der Waals surface area contributed by atoms with Crippen LogP contribution in [0.2, 0.25) is 0 Å². The predicted molar refractivity (Wildman–Crippen MR) is 69.8 cm³/mol. The van der Waals surface area contributed by atoms with Crippen molar-refractivity contribution in [3.8, 4) is 18.9 Å². The van der Waals surface area contributed by atoms with Gasteiger partial charge in [0.15, 0.2) is 0 Å². The number of morpholine rings is 1. The number of esters is 1. The second-order valence-corrected chi connectivity index (χ2v) is 4.14. The van der Waals surface area contributed by atoms with Gasteiger partial charge in [-0.1, -0.05) is 0 Å². The zero-order chi connectivity index (χ0) is 15.5. The van der Waals surface area contributed by atoms with Crippen LogP contribution in [0.4, 0.5) is 0 Å². The molecular formula is C13H20N2O4. The van der Waals surface area contributed by atoms with Gasteiger partial charge in [0.05, 0.1) is 25.3 Å². The summed E-state index contributed by atoms with van der Waals surface area (Å²) in [5, 5.41) is 8.48. The Balaban J connectivity index is 0. The fourth-order valence-corrected chi connectivity index (χ4v) is 1.25. The standard InChI is InChI=1S/C8H12N2O2.C3H6O2.C2H2/c1-8(2)6-12-5-7(11)10(8)4-3-9;1-3(4)5-2;1-2/h4-6H2,1-2H3;1-2H3;1-2H. The Labute approximate surface area is 114 Å². The summed E-state index contributed by atoms with van der Waals surface area (Å²) < 4.78 is 9.18. The van der Waals surface area contributed by atoms with Crippen molar-refractivity contribution >= 4 is 11.9 Å². The molecule has 19 heavy (non-hydrogen) atoms. The van der Waals surface area contributed by atoms with Crippen LogP contribution in [-0.2, 0) is 19.1 Å². The summed E-state index contributed by atoms with van der Waals surface area (Å²) in [7, 11) is 1.35. The van der Waals surface area contributed by atoms with Crippen molar-refractivity contribution in [1.29, 1.82) is 5.26 Å². The fourth-order valence-electron chi connectivity index (χ4n) is 1.25. The number of hydrogen-bond acceptors (Lipinski definition) is 5. The average Bonchev–Trinajstić information content (AvgIpc) is 2.37. The first-order valence-corrected chi connectivity index (χ1v) is 5.48. The summed E-state index contributed by atoms with van der Waals surface area (Å²) >= 11 is 0. The van der Waals surface area contributed by atoms with Crippen LogP contribution in [0.3, 0.4) is 0 Å². The van der Waals surface area contributed by atoms with Gasteiger partial charge >= 0.3 is 5.97 Å². The second kappa shape index (κ2) is 9.93. The summed E-state index contributed by atoms with van der Waals surface area (Å²) in [6, 6.07) is 1.97. The smallest absolute Gasteiger partial charge is 0.302 e. The van der Waals surface area contributed by atoms with Crippen molar-refractivity contribution in [3.63, 3.8) is 0 Å². The van der Waals surface area contributed by atoms with Gasteiger partial charge in [0.25, 0.3) is 0 Å². The quantitative estimate of drug-likeness (QED) is 0.395. The minimum absolute atomic E-state index is 0.102. The first-order valence-electron chi connectivity index (χ1n) is 5.48. The van der Waals surface area contributed by atoms with Crippen LogP contribution >= 0.6 is 0 Å². The molecule has 0 aromatic rings. The Bertz CT molecular complexity index is 355. The van der Waals surface area contributed by atoms with Gasteiger partial charge in [-0.25, -0.2) is 0 Å². The van der Waals surface area contributed by atoms with E-state index < -0.39 is 0 Å². The Morgan fingerprint density at radius 1 is 1.58 bits per heavy atom. The van der Waals surface area contributed by atoms with Gasteiger partial charge in [0.1, 0.15) is 13.2 Å². The number of nitriles is 1. The number of hydrogen-bond donors (Lipinski definition) is 0. The SMILES string of the molecule is C#C.CC1(C)COCC(=O)N1CC#N.COC(C)=O. The molecule has 1 aliphatic rings. The van der Waals surface area contributed by atoms with Gasteiger partial charge in [-0.2, -0.15) is 5.26 Å². The molecule has 0 saturated carbocycles. The molecule has 1 aliphatic heterocycles. The molecule has 1 saturated heterocycles. The lowest BCUT2D eigenvalue weighted by atomic mass is 10.0. The maximum atomic E-state index is 11.2. The van der Waals surface area contributed by atoms with Crippen LogP contribution in [0, 0.1) is 24.2 Å². The molecule has 0 aliphatic carbocycles. The maximum absolute atomic E-state index is 11.2. The number of nitrogens with zero attached hydrogens (tertiary/aromatic N) is 2. The van der Waals surface area contributed by atoms with Crippen molar-refractivity contribution in [3.05, 3.63) is 0 Å². The molecule has 0 bridgehead atoms. The van der Waals surface area contributed by atoms with E-state index in [1.54, 1.807) is 4.90 Å². The third-order valence-electron chi connectivity index (χ3n) is 2.23. The van der Waals surface area contributed by atoms with Crippen LogP contribution in [-0.4, -0.2) is 49.2 Å². The molecule has 0 spiro atoms. The minimum atomic E-state index is -0.342. The number of carbonyl (C=O) groups excluding carboxylic acids is 2. The maximum Gasteiger partial charge on any atom is 0.302 e. The van der Waals surface area contributed by atoms with E-state index >= 15 is 0 Å². The third-order valence-corrected chi connectivity index (χ3v) is 2.23. The normalized spacial score (nSPS) is 15.8. The van der Waals surface area contributed by atoms with Gasteiger partial charge in [0.2, 0.25) is 5.91 Å². The molecular weight excluding hydrogens is 248 g/mol. The van der Waals surface area contributed by atoms with Gasteiger partial charge in [-0.15, -0.1) is 12.8 Å².